The molecular weight excluding hydrogens is 205 g/mol. The van der Waals surface area contributed by atoms with Gasteiger partial charge in [0.05, 0.1) is 12.1 Å². The summed E-state index contributed by atoms with van der Waals surface area (Å²) >= 11 is 0. The maximum Gasteiger partial charge on any atom is 0.123 e. The fraction of sp³-hybridized carbons (Fsp3) is 0.538. The van der Waals surface area contributed by atoms with Gasteiger partial charge in [0, 0.05) is 6.61 Å². The molecule has 0 saturated carbocycles. The van der Waals surface area contributed by atoms with Crippen molar-refractivity contribution in [2.24, 2.45) is 5.73 Å². The number of hydrogen-bond acceptors (Lipinski definition) is 2. The summed E-state index contributed by atoms with van der Waals surface area (Å²) in [6.45, 7) is 2.65. The van der Waals surface area contributed by atoms with E-state index in [1.165, 1.54) is 12.1 Å². The van der Waals surface area contributed by atoms with E-state index in [-0.39, 0.29) is 18.0 Å². The van der Waals surface area contributed by atoms with Gasteiger partial charge in [0.25, 0.3) is 0 Å². The lowest BCUT2D eigenvalue weighted by molar-refractivity contribution is -0.0000371. The molecule has 1 fully saturated rings. The fourth-order valence-corrected chi connectivity index (χ4v) is 2.22. The predicted octanol–water partition coefficient (Wildman–Crippen LogP) is 2.70. The normalized spacial score (nSPS) is 23.1. The van der Waals surface area contributed by atoms with Gasteiger partial charge in [-0.25, -0.2) is 4.39 Å². The number of hydrogen-bond donors (Lipinski definition) is 1. The van der Waals surface area contributed by atoms with Gasteiger partial charge in [0.1, 0.15) is 5.82 Å². The minimum Gasteiger partial charge on any atom is -0.376 e. The molecule has 1 aliphatic heterocycles. The molecule has 2 rings (SSSR count). The van der Waals surface area contributed by atoms with Gasteiger partial charge in [-0.05, 0) is 49.4 Å². The smallest absolute Gasteiger partial charge is 0.123 e. The quantitative estimate of drug-likeness (QED) is 0.836. The number of ether oxygens (including phenoxy) is 1. The van der Waals surface area contributed by atoms with E-state index in [0.29, 0.717) is 0 Å². The standard InChI is InChI=1S/C13H18FNO/c1-9-6-10(8-11(14)7-9)13(15)12-4-2-3-5-16-12/h6-8,12-13H,2-5,15H2,1H3. The zero-order valence-corrected chi connectivity index (χ0v) is 9.58. The fourth-order valence-electron chi connectivity index (χ4n) is 2.22. The molecule has 1 aromatic carbocycles. The van der Waals surface area contributed by atoms with Crippen LogP contribution in [-0.4, -0.2) is 12.7 Å². The van der Waals surface area contributed by atoms with Gasteiger partial charge in [0.15, 0.2) is 0 Å². The Morgan fingerprint density at radius 1 is 1.38 bits per heavy atom. The van der Waals surface area contributed by atoms with E-state index in [1.54, 1.807) is 0 Å². The maximum absolute atomic E-state index is 13.3. The first-order valence-corrected chi connectivity index (χ1v) is 5.81. The molecule has 0 bridgehead atoms. The number of rotatable bonds is 2. The lowest BCUT2D eigenvalue weighted by Gasteiger charge is -2.28. The number of halogens is 1. The van der Waals surface area contributed by atoms with Crippen molar-refractivity contribution in [2.45, 2.75) is 38.3 Å². The summed E-state index contributed by atoms with van der Waals surface area (Å²) in [6.07, 6.45) is 3.25. The summed E-state index contributed by atoms with van der Waals surface area (Å²) < 4.78 is 18.9. The highest BCUT2D eigenvalue weighted by molar-refractivity contribution is 5.26. The highest BCUT2D eigenvalue weighted by Gasteiger charge is 2.23. The molecule has 0 aromatic heterocycles. The van der Waals surface area contributed by atoms with Crippen molar-refractivity contribution in [1.29, 1.82) is 0 Å². The molecular formula is C13H18FNO. The average molecular weight is 223 g/mol. The van der Waals surface area contributed by atoms with Crippen molar-refractivity contribution in [3.63, 3.8) is 0 Å². The number of nitrogens with two attached hydrogens (primary N) is 1. The van der Waals surface area contributed by atoms with Gasteiger partial charge in [-0.2, -0.15) is 0 Å². The van der Waals surface area contributed by atoms with Crippen molar-refractivity contribution in [1.82, 2.24) is 0 Å². The van der Waals surface area contributed by atoms with E-state index >= 15 is 0 Å². The minimum atomic E-state index is -0.221. The van der Waals surface area contributed by atoms with Gasteiger partial charge in [0.2, 0.25) is 0 Å². The van der Waals surface area contributed by atoms with Gasteiger partial charge in [-0.15, -0.1) is 0 Å². The van der Waals surface area contributed by atoms with Crippen LogP contribution in [0.5, 0.6) is 0 Å². The van der Waals surface area contributed by atoms with Crippen LogP contribution in [0.15, 0.2) is 18.2 Å². The summed E-state index contributed by atoms with van der Waals surface area (Å²) in [4.78, 5) is 0. The number of aryl methyl sites for hydroxylation is 1. The monoisotopic (exact) mass is 223 g/mol. The van der Waals surface area contributed by atoms with Crippen molar-refractivity contribution in [3.05, 3.63) is 35.1 Å². The molecule has 1 aliphatic rings. The molecule has 1 aromatic rings. The third-order valence-corrected chi connectivity index (χ3v) is 3.06. The Bertz CT molecular complexity index is 341. The topological polar surface area (TPSA) is 35.2 Å². The third kappa shape index (κ3) is 2.60. The van der Waals surface area contributed by atoms with E-state index in [0.717, 1.165) is 37.0 Å². The SMILES string of the molecule is Cc1cc(F)cc(C(N)C2CCCCO2)c1. The predicted molar refractivity (Wildman–Crippen MR) is 61.7 cm³/mol. The molecule has 0 spiro atoms. The molecule has 2 N–H and O–H groups in total. The first kappa shape index (κ1) is 11.6. The second-order valence-electron chi connectivity index (χ2n) is 4.49. The molecule has 2 unspecified atom stereocenters. The Balaban J connectivity index is 2.15. The van der Waals surface area contributed by atoms with Gasteiger partial charge in [-0.3, -0.25) is 0 Å². The van der Waals surface area contributed by atoms with E-state index in [9.17, 15) is 4.39 Å². The lowest BCUT2D eigenvalue weighted by atomic mass is 9.95. The summed E-state index contributed by atoms with van der Waals surface area (Å²) in [6, 6.07) is 4.74. The van der Waals surface area contributed by atoms with Crippen LogP contribution in [-0.2, 0) is 4.74 Å². The molecule has 16 heavy (non-hydrogen) atoms. The van der Waals surface area contributed by atoms with Gasteiger partial charge < -0.3 is 10.5 Å². The van der Waals surface area contributed by atoms with Crippen LogP contribution in [0.25, 0.3) is 0 Å². The summed E-state index contributed by atoms with van der Waals surface area (Å²) in [5.74, 6) is -0.221. The molecule has 0 aliphatic carbocycles. The van der Waals surface area contributed by atoms with Crippen molar-refractivity contribution in [3.8, 4) is 0 Å². The third-order valence-electron chi connectivity index (χ3n) is 3.06. The Morgan fingerprint density at radius 2 is 2.19 bits per heavy atom. The first-order valence-electron chi connectivity index (χ1n) is 5.81. The Labute approximate surface area is 95.6 Å². The maximum atomic E-state index is 13.3. The summed E-state index contributed by atoms with van der Waals surface area (Å²) in [5.41, 5.74) is 7.86. The van der Waals surface area contributed by atoms with E-state index in [2.05, 4.69) is 0 Å². The Kier molecular flexibility index (Phi) is 3.56. The zero-order chi connectivity index (χ0) is 11.5. The van der Waals surface area contributed by atoms with Gasteiger partial charge in [-0.1, -0.05) is 6.07 Å². The summed E-state index contributed by atoms with van der Waals surface area (Å²) in [5, 5.41) is 0. The van der Waals surface area contributed by atoms with Crippen LogP contribution < -0.4 is 5.73 Å². The molecule has 0 amide bonds. The van der Waals surface area contributed by atoms with Crippen LogP contribution in [0.2, 0.25) is 0 Å². The lowest BCUT2D eigenvalue weighted by Crippen LogP contribution is -2.32. The highest BCUT2D eigenvalue weighted by Crippen LogP contribution is 2.25. The van der Waals surface area contributed by atoms with Crippen molar-refractivity contribution >= 4 is 0 Å². The largest absolute Gasteiger partial charge is 0.376 e. The molecule has 0 radical (unpaired) electrons. The number of benzene rings is 1. The molecule has 1 saturated heterocycles. The second kappa shape index (κ2) is 4.93. The minimum absolute atomic E-state index is 0.0370. The molecule has 88 valence electrons. The van der Waals surface area contributed by atoms with Crippen molar-refractivity contribution < 1.29 is 9.13 Å². The Morgan fingerprint density at radius 3 is 2.81 bits per heavy atom. The highest BCUT2D eigenvalue weighted by atomic mass is 19.1. The van der Waals surface area contributed by atoms with E-state index in [4.69, 9.17) is 10.5 Å². The molecule has 2 nitrogen and oxygen atoms in total. The van der Waals surface area contributed by atoms with Crippen LogP contribution in [0.4, 0.5) is 4.39 Å². The second-order valence-corrected chi connectivity index (χ2v) is 4.49. The summed E-state index contributed by atoms with van der Waals surface area (Å²) in [7, 11) is 0. The average Bonchev–Trinajstić information content (AvgIpc) is 2.28. The zero-order valence-electron chi connectivity index (χ0n) is 9.58. The van der Waals surface area contributed by atoms with Crippen molar-refractivity contribution in [2.75, 3.05) is 6.61 Å². The first-order chi connectivity index (χ1) is 7.66. The molecule has 1 heterocycles. The van der Waals surface area contributed by atoms with Crippen LogP contribution >= 0.6 is 0 Å². The molecule has 2 atom stereocenters. The van der Waals surface area contributed by atoms with Crippen LogP contribution in [0, 0.1) is 12.7 Å². The van der Waals surface area contributed by atoms with Gasteiger partial charge >= 0.3 is 0 Å². The Hall–Kier alpha value is -0.930. The molecule has 3 heteroatoms. The van der Waals surface area contributed by atoms with Crippen LogP contribution in [0.3, 0.4) is 0 Å². The van der Waals surface area contributed by atoms with E-state index in [1.807, 2.05) is 13.0 Å². The van der Waals surface area contributed by atoms with E-state index < -0.39 is 0 Å². The van der Waals surface area contributed by atoms with Crippen LogP contribution in [0.1, 0.15) is 36.4 Å².